The Morgan fingerprint density at radius 3 is 2.46 bits per heavy atom. The van der Waals surface area contributed by atoms with Crippen LogP contribution in [-0.2, 0) is 14.6 Å². The Hall–Kier alpha value is -1.67. The van der Waals surface area contributed by atoms with Gasteiger partial charge in [-0.3, -0.25) is 9.69 Å². The van der Waals surface area contributed by atoms with Gasteiger partial charge in [-0.25, -0.2) is 12.8 Å². The molecule has 1 N–H and O–H groups in total. The molecule has 0 aliphatic heterocycles. The molecular formula is C17H17Cl2FN2O3S. The molecule has 2 rings (SSSR count). The fourth-order valence-electron chi connectivity index (χ4n) is 2.16. The number of sulfone groups is 1. The van der Waals surface area contributed by atoms with Crippen LogP contribution >= 0.6 is 23.2 Å². The van der Waals surface area contributed by atoms with Crippen molar-refractivity contribution in [1.29, 1.82) is 0 Å². The number of amides is 1. The molecule has 1 amide bonds. The lowest BCUT2D eigenvalue weighted by Gasteiger charge is -2.16. The lowest BCUT2D eigenvalue weighted by atomic mass is 10.3. The van der Waals surface area contributed by atoms with Gasteiger partial charge in [0.25, 0.3) is 0 Å². The van der Waals surface area contributed by atoms with Crippen LogP contribution in [0.2, 0.25) is 10.0 Å². The monoisotopic (exact) mass is 418 g/mol. The number of carbonyl (C=O) groups excluding carboxylic acids is 1. The summed E-state index contributed by atoms with van der Waals surface area (Å²) in [6.07, 6.45) is 0. The van der Waals surface area contributed by atoms with Gasteiger partial charge >= 0.3 is 0 Å². The van der Waals surface area contributed by atoms with Crippen LogP contribution in [0.15, 0.2) is 47.4 Å². The van der Waals surface area contributed by atoms with E-state index in [1.807, 2.05) is 0 Å². The Kier molecular flexibility index (Phi) is 7.00. The van der Waals surface area contributed by atoms with E-state index in [1.165, 1.54) is 42.5 Å². The average Bonchev–Trinajstić information content (AvgIpc) is 2.57. The van der Waals surface area contributed by atoms with Crippen LogP contribution in [0.3, 0.4) is 0 Å². The molecule has 0 atom stereocenters. The summed E-state index contributed by atoms with van der Waals surface area (Å²) in [4.78, 5) is 13.5. The number of nitrogens with zero attached hydrogens (tertiary/aromatic N) is 1. The Morgan fingerprint density at radius 1 is 1.15 bits per heavy atom. The molecule has 0 fully saturated rings. The zero-order chi connectivity index (χ0) is 19.3. The molecule has 0 bridgehead atoms. The average molecular weight is 419 g/mol. The molecule has 2 aromatic carbocycles. The zero-order valence-corrected chi connectivity index (χ0v) is 16.2. The first kappa shape index (κ1) is 20.6. The summed E-state index contributed by atoms with van der Waals surface area (Å²) in [5, 5.41) is 2.99. The van der Waals surface area contributed by atoms with Gasteiger partial charge in [0.05, 0.1) is 22.2 Å². The van der Waals surface area contributed by atoms with Crippen LogP contribution in [0, 0.1) is 5.82 Å². The maximum absolute atomic E-state index is 12.8. The number of rotatable bonds is 7. The number of benzene rings is 2. The minimum Gasteiger partial charge on any atom is -0.325 e. The summed E-state index contributed by atoms with van der Waals surface area (Å²) in [6.45, 7) is 0.109. The number of hydrogen-bond acceptors (Lipinski definition) is 4. The van der Waals surface area contributed by atoms with Gasteiger partial charge in [-0.15, -0.1) is 0 Å². The quantitative estimate of drug-likeness (QED) is 0.747. The third-order valence-corrected chi connectivity index (χ3v) is 5.92. The third kappa shape index (κ3) is 5.95. The highest BCUT2D eigenvalue weighted by Gasteiger charge is 2.20. The first-order valence-corrected chi connectivity index (χ1v) is 10.00. The van der Waals surface area contributed by atoms with Crippen molar-refractivity contribution < 1.29 is 17.6 Å². The minimum atomic E-state index is -3.64. The first-order chi connectivity index (χ1) is 12.2. The van der Waals surface area contributed by atoms with Gasteiger partial charge < -0.3 is 5.32 Å². The molecule has 0 aromatic heterocycles. The van der Waals surface area contributed by atoms with Gasteiger partial charge in [-0.2, -0.15) is 0 Å². The van der Waals surface area contributed by atoms with Crippen molar-refractivity contribution in [2.24, 2.45) is 0 Å². The second-order valence-corrected chi connectivity index (χ2v) is 8.61. The Balaban J connectivity index is 1.91. The molecule has 0 saturated carbocycles. The van der Waals surface area contributed by atoms with Crippen molar-refractivity contribution in [1.82, 2.24) is 4.90 Å². The molecule has 140 valence electrons. The van der Waals surface area contributed by atoms with Crippen molar-refractivity contribution in [2.75, 3.05) is 31.2 Å². The SMILES string of the molecule is CN(CCS(=O)(=O)c1cc(Cl)ccc1Cl)CC(=O)Nc1ccc(F)cc1. The van der Waals surface area contributed by atoms with Gasteiger partial charge in [0.1, 0.15) is 5.82 Å². The predicted octanol–water partition coefficient (Wildman–Crippen LogP) is 3.48. The van der Waals surface area contributed by atoms with Gasteiger partial charge in [-0.05, 0) is 49.5 Å². The maximum atomic E-state index is 12.8. The molecule has 26 heavy (non-hydrogen) atoms. The molecule has 9 heteroatoms. The molecule has 0 heterocycles. The fraction of sp³-hybridized carbons (Fsp3) is 0.235. The second kappa shape index (κ2) is 8.81. The van der Waals surface area contributed by atoms with E-state index in [9.17, 15) is 17.6 Å². The Bertz CT molecular complexity index is 889. The Morgan fingerprint density at radius 2 is 1.81 bits per heavy atom. The minimum absolute atomic E-state index is 0.0177. The van der Waals surface area contributed by atoms with Crippen LogP contribution in [0.5, 0.6) is 0 Å². The number of likely N-dealkylation sites (N-methyl/N-ethyl adjacent to an activating group) is 1. The number of hydrogen-bond donors (Lipinski definition) is 1. The van der Waals surface area contributed by atoms with E-state index in [1.54, 1.807) is 11.9 Å². The van der Waals surface area contributed by atoms with Crippen molar-refractivity contribution in [3.05, 3.63) is 58.3 Å². The number of anilines is 1. The van der Waals surface area contributed by atoms with E-state index in [0.29, 0.717) is 5.69 Å². The topological polar surface area (TPSA) is 66.5 Å². The molecule has 0 aliphatic carbocycles. The van der Waals surface area contributed by atoms with Crippen molar-refractivity contribution in [2.45, 2.75) is 4.90 Å². The largest absolute Gasteiger partial charge is 0.325 e. The summed E-state index contributed by atoms with van der Waals surface area (Å²) >= 11 is 11.8. The van der Waals surface area contributed by atoms with E-state index < -0.39 is 15.7 Å². The standard InChI is InChI=1S/C17H17Cl2FN2O3S/c1-22(11-17(23)21-14-5-3-13(20)4-6-14)8-9-26(24,25)16-10-12(18)2-7-15(16)19/h2-7,10H,8-9,11H2,1H3,(H,21,23). The number of nitrogens with one attached hydrogen (secondary N) is 1. The predicted molar refractivity (Wildman–Crippen MR) is 101 cm³/mol. The smallest absolute Gasteiger partial charge is 0.238 e. The van der Waals surface area contributed by atoms with E-state index in [0.717, 1.165) is 0 Å². The summed E-state index contributed by atoms with van der Waals surface area (Å²) in [6, 6.07) is 9.60. The van der Waals surface area contributed by atoms with Gasteiger partial charge in [0, 0.05) is 17.3 Å². The van der Waals surface area contributed by atoms with Crippen LogP contribution in [0.4, 0.5) is 10.1 Å². The van der Waals surface area contributed by atoms with E-state index in [2.05, 4.69) is 5.32 Å². The van der Waals surface area contributed by atoms with Gasteiger partial charge in [0.15, 0.2) is 9.84 Å². The third-order valence-electron chi connectivity index (χ3n) is 3.51. The zero-order valence-electron chi connectivity index (χ0n) is 13.9. The van der Waals surface area contributed by atoms with Gasteiger partial charge in [-0.1, -0.05) is 23.2 Å². The lowest BCUT2D eigenvalue weighted by molar-refractivity contribution is -0.117. The lowest BCUT2D eigenvalue weighted by Crippen LogP contribution is -2.33. The maximum Gasteiger partial charge on any atom is 0.238 e. The molecule has 2 aromatic rings. The second-order valence-electron chi connectivity index (χ2n) is 5.69. The molecular weight excluding hydrogens is 402 g/mol. The molecule has 0 saturated heterocycles. The summed E-state index contributed by atoms with van der Waals surface area (Å²) < 4.78 is 37.7. The molecule has 0 aliphatic rings. The summed E-state index contributed by atoms with van der Waals surface area (Å²) in [7, 11) is -2.02. The number of halogens is 3. The highest BCUT2D eigenvalue weighted by Crippen LogP contribution is 2.25. The molecule has 5 nitrogen and oxygen atoms in total. The van der Waals surface area contributed by atoms with Crippen LogP contribution in [0.25, 0.3) is 0 Å². The van der Waals surface area contributed by atoms with E-state index >= 15 is 0 Å². The van der Waals surface area contributed by atoms with Crippen molar-refractivity contribution in [3.8, 4) is 0 Å². The van der Waals surface area contributed by atoms with Gasteiger partial charge in [0.2, 0.25) is 5.91 Å². The molecule has 0 spiro atoms. The molecule has 0 unspecified atom stereocenters. The summed E-state index contributed by atoms with van der Waals surface area (Å²) in [5.41, 5.74) is 0.461. The van der Waals surface area contributed by atoms with Crippen LogP contribution in [-0.4, -0.2) is 45.1 Å². The molecule has 0 radical (unpaired) electrons. The fourth-order valence-corrected chi connectivity index (χ4v) is 4.31. The highest BCUT2D eigenvalue weighted by molar-refractivity contribution is 7.91. The van der Waals surface area contributed by atoms with Crippen LogP contribution < -0.4 is 5.32 Å². The van der Waals surface area contributed by atoms with Crippen molar-refractivity contribution >= 4 is 44.6 Å². The van der Waals surface area contributed by atoms with Crippen molar-refractivity contribution in [3.63, 3.8) is 0 Å². The first-order valence-electron chi connectivity index (χ1n) is 7.59. The van der Waals surface area contributed by atoms with Crippen LogP contribution in [0.1, 0.15) is 0 Å². The normalized spacial score (nSPS) is 11.6. The number of carbonyl (C=O) groups is 1. The van der Waals surface area contributed by atoms with E-state index in [4.69, 9.17) is 23.2 Å². The highest BCUT2D eigenvalue weighted by atomic mass is 35.5. The van der Waals surface area contributed by atoms with E-state index in [-0.39, 0.29) is 39.7 Å². The summed E-state index contributed by atoms with van der Waals surface area (Å²) in [5.74, 6) is -0.949. The Labute approximate surface area is 161 Å².